The Labute approximate surface area is 129 Å². The van der Waals surface area contributed by atoms with Gasteiger partial charge in [-0.3, -0.25) is 0 Å². The summed E-state index contributed by atoms with van der Waals surface area (Å²) in [7, 11) is -1.38. The third-order valence-corrected chi connectivity index (χ3v) is 4.79. The lowest BCUT2D eigenvalue weighted by Gasteiger charge is -2.15. The molecule has 0 heterocycles. The lowest BCUT2D eigenvalue weighted by Crippen LogP contribution is -2.33. The van der Waals surface area contributed by atoms with Crippen molar-refractivity contribution in [2.24, 2.45) is 5.92 Å². The van der Waals surface area contributed by atoms with Crippen molar-refractivity contribution in [3.63, 3.8) is 0 Å². The zero-order valence-electron chi connectivity index (χ0n) is 13.5. The van der Waals surface area contributed by atoms with Crippen LogP contribution < -0.4 is 10.0 Å². The van der Waals surface area contributed by atoms with E-state index in [2.05, 4.69) is 23.9 Å². The summed E-state index contributed by atoms with van der Waals surface area (Å²) >= 11 is 0. The van der Waals surface area contributed by atoms with Crippen LogP contribution >= 0.6 is 0 Å². The van der Waals surface area contributed by atoms with Gasteiger partial charge in [-0.05, 0) is 43.9 Å². The van der Waals surface area contributed by atoms with Crippen molar-refractivity contribution in [2.45, 2.75) is 52.0 Å². The van der Waals surface area contributed by atoms with Crippen molar-refractivity contribution < 1.29 is 8.42 Å². The first kappa shape index (κ1) is 18.1. The monoisotopic (exact) mass is 312 g/mol. The highest BCUT2D eigenvalue weighted by Gasteiger charge is 2.15. The molecule has 0 radical (unpaired) electrons. The molecule has 0 aliphatic rings. The van der Waals surface area contributed by atoms with Crippen LogP contribution in [0, 0.1) is 5.92 Å². The Hall–Kier alpha value is -0.910. The van der Waals surface area contributed by atoms with Crippen LogP contribution in [0.5, 0.6) is 0 Å². The van der Waals surface area contributed by atoms with E-state index >= 15 is 0 Å². The maximum Gasteiger partial charge on any atom is 0.216 e. The molecule has 5 heteroatoms. The van der Waals surface area contributed by atoms with Gasteiger partial charge in [0.05, 0.1) is 5.75 Å². The first-order valence-electron chi connectivity index (χ1n) is 7.55. The van der Waals surface area contributed by atoms with E-state index in [0.29, 0.717) is 5.92 Å². The molecule has 1 aromatic carbocycles. The van der Waals surface area contributed by atoms with E-state index < -0.39 is 10.0 Å². The zero-order chi connectivity index (χ0) is 15.9. The number of nitrogens with one attached hydrogen (secondary N) is 2. The van der Waals surface area contributed by atoms with E-state index in [1.54, 1.807) is 0 Å². The fraction of sp³-hybridized carbons (Fsp3) is 0.625. The fourth-order valence-electron chi connectivity index (χ4n) is 2.17. The number of hydrogen-bond donors (Lipinski definition) is 2. The zero-order valence-corrected chi connectivity index (χ0v) is 14.3. The first-order chi connectivity index (χ1) is 9.82. The molecule has 1 aromatic rings. The molecular weight excluding hydrogens is 284 g/mol. The average molecular weight is 312 g/mol. The molecule has 1 atom stereocenters. The smallest absolute Gasteiger partial charge is 0.216 e. The summed E-state index contributed by atoms with van der Waals surface area (Å²) in [5.41, 5.74) is 1.97. The molecule has 4 nitrogen and oxygen atoms in total. The van der Waals surface area contributed by atoms with Crippen LogP contribution in [-0.4, -0.2) is 21.5 Å². The number of sulfonamides is 1. The van der Waals surface area contributed by atoms with Crippen molar-refractivity contribution in [1.29, 1.82) is 0 Å². The summed E-state index contributed by atoms with van der Waals surface area (Å²) in [5, 5.41) is 3.07. The lowest BCUT2D eigenvalue weighted by atomic mass is 10.1. The van der Waals surface area contributed by atoms with Crippen LogP contribution in [0.3, 0.4) is 0 Å². The highest BCUT2D eigenvalue weighted by molar-refractivity contribution is 7.88. The van der Waals surface area contributed by atoms with E-state index in [1.165, 1.54) is 0 Å². The molecule has 0 aliphatic heterocycles. The summed E-state index contributed by atoms with van der Waals surface area (Å²) < 4.78 is 27.0. The minimum absolute atomic E-state index is 0.0130. The molecule has 0 amide bonds. The largest absolute Gasteiger partial charge is 0.316 e. The third-order valence-electron chi connectivity index (χ3n) is 3.32. The van der Waals surface area contributed by atoms with Crippen LogP contribution in [0.1, 0.15) is 44.7 Å². The predicted octanol–water partition coefficient (Wildman–Crippen LogP) is 2.65. The number of benzene rings is 1. The topological polar surface area (TPSA) is 58.2 Å². The maximum atomic E-state index is 12.1. The molecule has 0 spiro atoms. The Bertz CT molecular complexity index is 510. The molecule has 0 fully saturated rings. The molecule has 1 rings (SSSR count). The summed E-state index contributed by atoms with van der Waals surface area (Å²) in [4.78, 5) is 0. The van der Waals surface area contributed by atoms with Gasteiger partial charge >= 0.3 is 0 Å². The summed E-state index contributed by atoms with van der Waals surface area (Å²) in [6.07, 6.45) is 1.90. The van der Waals surface area contributed by atoms with E-state index in [4.69, 9.17) is 0 Å². The number of rotatable bonds is 9. The predicted molar refractivity (Wildman–Crippen MR) is 88.5 cm³/mol. The molecule has 0 aliphatic carbocycles. The molecule has 0 saturated heterocycles. The average Bonchev–Trinajstić information content (AvgIpc) is 2.38. The number of hydrogen-bond acceptors (Lipinski definition) is 3. The fourth-order valence-corrected chi connectivity index (χ4v) is 3.61. The molecule has 0 bridgehead atoms. The second-order valence-corrected chi connectivity index (χ2v) is 7.85. The van der Waals surface area contributed by atoms with E-state index in [-0.39, 0.29) is 11.8 Å². The summed E-state index contributed by atoms with van der Waals surface area (Å²) in [6, 6.07) is 7.67. The Kier molecular flexibility index (Phi) is 7.35. The van der Waals surface area contributed by atoms with Crippen molar-refractivity contribution >= 4 is 10.0 Å². The summed E-state index contributed by atoms with van der Waals surface area (Å²) in [5.74, 6) is 0.635. The maximum absolute atomic E-state index is 12.1. The van der Waals surface area contributed by atoms with Crippen molar-refractivity contribution in [1.82, 2.24) is 10.0 Å². The van der Waals surface area contributed by atoms with E-state index in [0.717, 1.165) is 30.5 Å². The second-order valence-electron chi connectivity index (χ2n) is 6.10. The van der Waals surface area contributed by atoms with Gasteiger partial charge in [0.15, 0.2) is 0 Å². The third kappa shape index (κ3) is 7.60. The molecule has 1 unspecified atom stereocenters. The Balaban J connectivity index is 2.55. The van der Waals surface area contributed by atoms with Crippen molar-refractivity contribution in [3.05, 3.63) is 35.4 Å². The van der Waals surface area contributed by atoms with Crippen molar-refractivity contribution in [2.75, 3.05) is 7.05 Å². The molecule has 21 heavy (non-hydrogen) atoms. The SMILES string of the molecule is CNCc1ccc(CS(=O)(=O)NC(C)CCC(C)C)cc1. The van der Waals surface area contributed by atoms with Gasteiger partial charge in [0.25, 0.3) is 0 Å². The molecule has 120 valence electrons. The van der Waals surface area contributed by atoms with Crippen LogP contribution in [0.4, 0.5) is 0 Å². The lowest BCUT2D eigenvalue weighted by molar-refractivity contribution is 0.485. The van der Waals surface area contributed by atoms with Gasteiger partial charge < -0.3 is 5.32 Å². The van der Waals surface area contributed by atoms with E-state index in [1.807, 2.05) is 38.2 Å². The second kappa shape index (κ2) is 8.51. The Morgan fingerprint density at radius 2 is 1.57 bits per heavy atom. The molecule has 0 aromatic heterocycles. The van der Waals surface area contributed by atoms with Crippen LogP contribution in [-0.2, 0) is 22.3 Å². The van der Waals surface area contributed by atoms with Crippen LogP contribution in [0.2, 0.25) is 0 Å². The normalized spacial score (nSPS) is 13.6. The van der Waals surface area contributed by atoms with Gasteiger partial charge in [-0.1, -0.05) is 38.1 Å². The van der Waals surface area contributed by atoms with Gasteiger partial charge in [0, 0.05) is 12.6 Å². The van der Waals surface area contributed by atoms with Crippen molar-refractivity contribution in [3.8, 4) is 0 Å². The molecule has 2 N–H and O–H groups in total. The van der Waals surface area contributed by atoms with Gasteiger partial charge in [-0.15, -0.1) is 0 Å². The summed E-state index contributed by atoms with van der Waals surface area (Å²) in [6.45, 7) is 7.01. The van der Waals surface area contributed by atoms with Gasteiger partial charge in [0.1, 0.15) is 0 Å². The standard InChI is InChI=1S/C16H28N2O2S/c1-13(2)5-6-14(3)18-21(19,20)12-16-9-7-15(8-10-16)11-17-4/h7-10,13-14,17-18H,5-6,11-12H2,1-4H3. The van der Waals surface area contributed by atoms with Gasteiger partial charge in [0.2, 0.25) is 10.0 Å². The first-order valence-corrected chi connectivity index (χ1v) is 9.20. The highest BCUT2D eigenvalue weighted by Crippen LogP contribution is 2.11. The minimum Gasteiger partial charge on any atom is -0.316 e. The van der Waals surface area contributed by atoms with Crippen LogP contribution in [0.15, 0.2) is 24.3 Å². The van der Waals surface area contributed by atoms with Crippen LogP contribution in [0.25, 0.3) is 0 Å². The van der Waals surface area contributed by atoms with Gasteiger partial charge in [-0.2, -0.15) is 0 Å². The highest BCUT2D eigenvalue weighted by atomic mass is 32.2. The van der Waals surface area contributed by atoms with E-state index in [9.17, 15) is 8.42 Å². The van der Waals surface area contributed by atoms with Gasteiger partial charge in [-0.25, -0.2) is 13.1 Å². The Morgan fingerprint density at radius 3 is 2.10 bits per heavy atom. The molecule has 0 saturated carbocycles. The molecular formula is C16H28N2O2S. The quantitative estimate of drug-likeness (QED) is 0.737. The minimum atomic E-state index is -3.27. The Morgan fingerprint density at radius 1 is 1.00 bits per heavy atom.